The first-order chi connectivity index (χ1) is 13.5. The van der Waals surface area contributed by atoms with E-state index in [0.29, 0.717) is 11.1 Å². The van der Waals surface area contributed by atoms with Crippen LogP contribution in [0.1, 0.15) is 50.5 Å². The molecule has 3 nitrogen and oxygen atoms in total. The van der Waals surface area contributed by atoms with Crippen LogP contribution in [0.3, 0.4) is 0 Å². The van der Waals surface area contributed by atoms with Gasteiger partial charge in [0.2, 0.25) is 0 Å². The molecule has 1 aliphatic heterocycles. The first-order valence-corrected chi connectivity index (χ1v) is 10.9. The predicted molar refractivity (Wildman–Crippen MR) is 119 cm³/mol. The van der Waals surface area contributed by atoms with Crippen molar-refractivity contribution in [3.63, 3.8) is 0 Å². The molecule has 1 saturated heterocycles. The summed E-state index contributed by atoms with van der Waals surface area (Å²) in [6.07, 6.45) is 11.6. The van der Waals surface area contributed by atoms with Crippen molar-refractivity contribution in [2.24, 2.45) is 10.4 Å². The summed E-state index contributed by atoms with van der Waals surface area (Å²) >= 11 is 11.9. The van der Waals surface area contributed by atoms with Crippen molar-refractivity contribution >= 4 is 40.8 Å². The lowest BCUT2D eigenvalue weighted by molar-refractivity contribution is 0.144. The highest BCUT2D eigenvalue weighted by molar-refractivity contribution is 6.37. The number of hydrogen-bond acceptors (Lipinski definition) is 3. The molecule has 2 aliphatic rings. The minimum atomic E-state index is -0.108. The molecule has 1 spiro atoms. The summed E-state index contributed by atoms with van der Waals surface area (Å²) in [4.78, 5) is 6.93. The lowest BCUT2D eigenvalue weighted by Crippen LogP contribution is -2.41. The SMILES string of the molecule is Oc1c(Cl)cc(N=Cc2ccc(N3CCC4(CCCCC4)CC3)cc2)cc1Cl. The summed E-state index contributed by atoms with van der Waals surface area (Å²) in [5.74, 6) is -0.108. The highest BCUT2D eigenvalue weighted by atomic mass is 35.5. The Balaban J connectivity index is 1.39. The minimum absolute atomic E-state index is 0.108. The molecule has 1 saturated carbocycles. The van der Waals surface area contributed by atoms with Crippen LogP contribution in [0.15, 0.2) is 41.4 Å². The Labute approximate surface area is 177 Å². The number of hydrogen-bond donors (Lipinski definition) is 1. The zero-order chi connectivity index (χ0) is 19.6. The van der Waals surface area contributed by atoms with Gasteiger partial charge in [-0.05, 0) is 60.9 Å². The molecule has 2 fully saturated rings. The van der Waals surface area contributed by atoms with Crippen LogP contribution in [0, 0.1) is 5.41 Å². The summed E-state index contributed by atoms with van der Waals surface area (Å²) in [6, 6.07) is 11.7. The molecule has 28 heavy (non-hydrogen) atoms. The predicted octanol–water partition coefficient (Wildman–Crippen LogP) is 7.00. The van der Waals surface area contributed by atoms with Gasteiger partial charge >= 0.3 is 0 Å². The normalized spacial score (nSPS) is 19.4. The second kappa shape index (κ2) is 8.34. The summed E-state index contributed by atoms with van der Waals surface area (Å²) in [5.41, 5.74) is 3.56. The van der Waals surface area contributed by atoms with Gasteiger partial charge in [-0.1, -0.05) is 54.6 Å². The van der Waals surface area contributed by atoms with Crippen LogP contribution in [0.5, 0.6) is 5.75 Å². The number of aromatic hydroxyl groups is 1. The zero-order valence-electron chi connectivity index (χ0n) is 16.0. The molecule has 0 atom stereocenters. The fourth-order valence-electron chi connectivity index (χ4n) is 4.59. The van der Waals surface area contributed by atoms with Crippen molar-refractivity contribution in [3.8, 4) is 5.75 Å². The number of aliphatic imine (C=N–C) groups is 1. The topological polar surface area (TPSA) is 35.8 Å². The molecule has 0 radical (unpaired) electrons. The first kappa shape index (κ1) is 19.6. The zero-order valence-corrected chi connectivity index (χ0v) is 17.5. The largest absolute Gasteiger partial charge is 0.505 e. The van der Waals surface area contributed by atoms with Crippen LogP contribution in [0.4, 0.5) is 11.4 Å². The van der Waals surface area contributed by atoms with Crippen LogP contribution in [-0.2, 0) is 0 Å². The summed E-state index contributed by atoms with van der Waals surface area (Å²) in [6.45, 7) is 2.33. The Bertz CT molecular complexity index is 824. The number of halogens is 2. The van der Waals surface area contributed by atoms with E-state index in [1.807, 2.05) is 0 Å². The number of benzene rings is 2. The average molecular weight is 417 g/mol. The fourth-order valence-corrected chi connectivity index (χ4v) is 5.06. The van der Waals surface area contributed by atoms with Crippen molar-refractivity contribution < 1.29 is 5.11 Å². The van der Waals surface area contributed by atoms with Gasteiger partial charge in [-0.15, -0.1) is 0 Å². The molecule has 2 aromatic carbocycles. The number of phenolic OH excluding ortho intramolecular Hbond substituents is 1. The van der Waals surface area contributed by atoms with E-state index in [1.165, 1.54) is 50.6 Å². The third kappa shape index (κ3) is 4.31. The summed E-state index contributed by atoms with van der Waals surface area (Å²) in [5, 5.41) is 10.0. The maximum Gasteiger partial charge on any atom is 0.152 e. The molecule has 1 aliphatic carbocycles. The quantitative estimate of drug-likeness (QED) is 0.546. The van der Waals surface area contributed by atoms with Crippen molar-refractivity contribution in [1.29, 1.82) is 0 Å². The molecule has 1 N–H and O–H groups in total. The Kier molecular flexibility index (Phi) is 5.84. The molecule has 5 heteroatoms. The van der Waals surface area contributed by atoms with Crippen molar-refractivity contribution in [2.45, 2.75) is 44.9 Å². The van der Waals surface area contributed by atoms with Gasteiger partial charge in [0.05, 0.1) is 15.7 Å². The van der Waals surface area contributed by atoms with E-state index in [9.17, 15) is 5.11 Å². The van der Waals surface area contributed by atoms with Crippen LogP contribution in [0.25, 0.3) is 0 Å². The Morgan fingerprint density at radius 2 is 1.50 bits per heavy atom. The Hall–Kier alpha value is -1.71. The van der Waals surface area contributed by atoms with Crippen molar-refractivity contribution in [3.05, 3.63) is 52.0 Å². The van der Waals surface area contributed by atoms with E-state index in [1.54, 1.807) is 18.3 Å². The van der Waals surface area contributed by atoms with Gasteiger partial charge in [0, 0.05) is 25.0 Å². The maximum atomic E-state index is 9.63. The minimum Gasteiger partial charge on any atom is -0.505 e. The average Bonchev–Trinajstić information content (AvgIpc) is 2.72. The third-order valence-corrected chi connectivity index (χ3v) is 6.94. The summed E-state index contributed by atoms with van der Waals surface area (Å²) in [7, 11) is 0. The van der Waals surface area contributed by atoms with Crippen LogP contribution >= 0.6 is 23.2 Å². The van der Waals surface area contributed by atoms with E-state index < -0.39 is 0 Å². The molecule has 0 amide bonds. The molecule has 0 aromatic heterocycles. The second-order valence-electron chi connectivity index (χ2n) is 8.16. The Morgan fingerprint density at radius 1 is 0.893 bits per heavy atom. The number of nitrogens with zero attached hydrogens (tertiary/aromatic N) is 2. The van der Waals surface area contributed by atoms with E-state index in [2.05, 4.69) is 34.2 Å². The van der Waals surface area contributed by atoms with E-state index in [-0.39, 0.29) is 15.8 Å². The van der Waals surface area contributed by atoms with Gasteiger partial charge in [0.15, 0.2) is 5.75 Å². The highest BCUT2D eigenvalue weighted by Gasteiger charge is 2.35. The fraction of sp³-hybridized carbons (Fsp3) is 0.435. The Morgan fingerprint density at radius 3 is 2.11 bits per heavy atom. The first-order valence-electron chi connectivity index (χ1n) is 10.1. The number of piperidine rings is 1. The van der Waals surface area contributed by atoms with Gasteiger partial charge in [0.25, 0.3) is 0 Å². The van der Waals surface area contributed by atoms with Crippen LogP contribution in [0.2, 0.25) is 10.0 Å². The van der Waals surface area contributed by atoms with E-state index in [0.717, 1.165) is 18.7 Å². The lowest BCUT2D eigenvalue weighted by Gasteiger charge is -2.45. The van der Waals surface area contributed by atoms with Gasteiger partial charge in [0.1, 0.15) is 0 Å². The number of anilines is 1. The third-order valence-electron chi connectivity index (χ3n) is 6.36. The maximum absolute atomic E-state index is 9.63. The van der Waals surface area contributed by atoms with E-state index >= 15 is 0 Å². The number of phenols is 1. The van der Waals surface area contributed by atoms with Crippen LogP contribution < -0.4 is 4.90 Å². The molecule has 148 valence electrons. The lowest BCUT2D eigenvalue weighted by atomic mass is 9.68. The monoisotopic (exact) mass is 416 g/mol. The molecule has 0 bridgehead atoms. The molecule has 0 unspecified atom stereocenters. The molecular formula is C23H26Cl2N2O. The molecule has 4 rings (SSSR count). The standard InChI is InChI=1S/C23H26Cl2N2O/c24-20-14-18(15-21(25)22(20)28)26-16-17-4-6-19(7-5-17)27-12-10-23(11-13-27)8-2-1-3-9-23/h4-7,14-16,28H,1-3,8-13H2. The van der Waals surface area contributed by atoms with Crippen LogP contribution in [-0.4, -0.2) is 24.4 Å². The second-order valence-corrected chi connectivity index (χ2v) is 8.97. The molecule has 2 aromatic rings. The van der Waals surface area contributed by atoms with Gasteiger partial charge in [-0.3, -0.25) is 4.99 Å². The molecular weight excluding hydrogens is 391 g/mol. The van der Waals surface area contributed by atoms with Gasteiger partial charge < -0.3 is 10.0 Å². The summed E-state index contributed by atoms with van der Waals surface area (Å²) < 4.78 is 0. The van der Waals surface area contributed by atoms with E-state index in [4.69, 9.17) is 23.2 Å². The highest BCUT2D eigenvalue weighted by Crippen LogP contribution is 2.45. The number of rotatable bonds is 3. The molecule has 1 heterocycles. The van der Waals surface area contributed by atoms with Gasteiger partial charge in [-0.25, -0.2) is 0 Å². The van der Waals surface area contributed by atoms with Crippen molar-refractivity contribution in [1.82, 2.24) is 0 Å². The van der Waals surface area contributed by atoms with Gasteiger partial charge in [-0.2, -0.15) is 0 Å². The smallest absolute Gasteiger partial charge is 0.152 e. The van der Waals surface area contributed by atoms with Crippen molar-refractivity contribution in [2.75, 3.05) is 18.0 Å².